The van der Waals surface area contributed by atoms with E-state index in [4.69, 9.17) is 0 Å². The lowest BCUT2D eigenvalue weighted by Gasteiger charge is -2.39. The zero-order valence-corrected chi connectivity index (χ0v) is 11.4. The Morgan fingerprint density at radius 1 is 1.47 bits per heavy atom. The Kier molecular flexibility index (Phi) is 3.50. The average molecular weight is 250 g/mol. The molecule has 2 heterocycles. The summed E-state index contributed by atoms with van der Waals surface area (Å²) >= 11 is 1.89. The topological polar surface area (TPSA) is 15.3 Å². The van der Waals surface area contributed by atoms with Crippen LogP contribution in [0.15, 0.2) is 17.5 Å². The first-order chi connectivity index (χ1) is 8.33. The quantitative estimate of drug-likeness (QED) is 0.882. The SMILES string of the molecule is CC1CNC(C2CC2)CN1CCc1cccs1. The van der Waals surface area contributed by atoms with Gasteiger partial charge < -0.3 is 5.32 Å². The summed E-state index contributed by atoms with van der Waals surface area (Å²) in [4.78, 5) is 4.21. The van der Waals surface area contributed by atoms with E-state index < -0.39 is 0 Å². The van der Waals surface area contributed by atoms with Crippen molar-refractivity contribution < 1.29 is 0 Å². The molecular formula is C14H22N2S. The van der Waals surface area contributed by atoms with Crippen molar-refractivity contribution in [1.29, 1.82) is 0 Å². The van der Waals surface area contributed by atoms with Crippen LogP contribution in [0.4, 0.5) is 0 Å². The van der Waals surface area contributed by atoms with Crippen LogP contribution in [0.1, 0.15) is 24.6 Å². The summed E-state index contributed by atoms with van der Waals surface area (Å²) in [5.74, 6) is 0.978. The second-order valence-electron chi connectivity index (χ2n) is 5.53. The van der Waals surface area contributed by atoms with Gasteiger partial charge in [-0.3, -0.25) is 4.90 Å². The van der Waals surface area contributed by atoms with E-state index >= 15 is 0 Å². The first-order valence-corrected chi connectivity index (χ1v) is 7.70. The first-order valence-electron chi connectivity index (χ1n) is 6.83. The minimum absolute atomic E-state index is 0.699. The highest BCUT2D eigenvalue weighted by molar-refractivity contribution is 7.09. The van der Waals surface area contributed by atoms with E-state index in [-0.39, 0.29) is 0 Å². The van der Waals surface area contributed by atoms with Gasteiger partial charge in [-0.05, 0) is 43.6 Å². The number of rotatable bonds is 4. The van der Waals surface area contributed by atoms with Crippen molar-refractivity contribution in [3.8, 4) is 0 Å². The van der Waals surface area contributed by atoms with Crippen LogP contribution in [0.5, 0.6) is 0 Å². The second kappa shape index (κ2) is 5.09. The largest absolute Gasteiger partial charge is 0.311 e. The Morgan fingerprint density at radius 3 is 3.06 bits per heavy atom. The molecule has 1 aliphatic heterocycles. The molecule has 0 amide bonds. The highest BCUT2D eigenvalue weighted by Gasteiger charge is 2.35. The van der Waals surface area contributed by atoms with Gasteiger partial charge >= 0.3 is 0 Å². The Morgan fingerprint density at radius 2 is 2.35 bits per heavy atom. The van der Waals surface area contributed by atoms with Crippen LogP contribution in [0.25, 0.3) is 0 Å². The molecule has 0 aromatic carbocycles. The zero-order valence-electron chi connectivity index (χ0n) is 10.6. The van der Waals surface area contributed by atoms with E-state index in [0.29, 0.717) is 6.04 Å². The van der Waals surface area contributed by atoms with Crippen LogP contribution >= 0.6 is 11.3 Å². The lowest BCUT2D eigenvalue weighted by molar-refractivity contribution is 0.134. The molecule has 1 aromatic rings. The Balaban J connectivity index is 1.53. The van der Waals surface area contributed by atoms with Gasteiger partial charge in [0, 0.05) is 36.6 Å². The highest BCUT2D eigenvalue weighted by atomic mass is 32.1. The molecule has 1 saturated carbocycles. The van der Waals surface area contributed by atoms with Gasteiger partial charge in [-0.1, -0.05) is 6.07 Å². The third kappa shape index (κ3) is 2.90. The molecule has 3 rings (SSSR count). The molecule has 2 atom stereocenters. The second-order valence-corrected chi connectivity index (χ2v) is 6.56. The molecule has 1 aromatic heterocycles. The summed E-state index contributed by atoms with van der Waals surface area (Å²) < 4.78 is 0. The minimum Gasteiger partial charge on any atom is -0.311 e. The van der Waals surface area contributed by atoms with Crippen molar-refractivity contribution in [2.75, 3.05) is 19.6 Å². The third-order valence-corrected chi connectivity index (χ3v) is 5.08. The molecule has 3 heteroatoms. The van der Waals surface area contributed by atoms with E-state index in [1.54, 1.807) is 0 Å². The lowest BCUT2D eigenvalue weighted by Crippen LogP contribution is -2.56. The first kappa shape index (κ1) is 11.7. The van der Waals surface area contributed by atoms with Crippen LogP contribution in [0, 0.1) is 5.92 Å². The molecule has 17 heavy (non-hydrogen) atoms. The summed E-state index contributed by atoms with van der Waals surface area (Å²) in [7, 11) is 0. The van der Waals surface area contributed by atoms with Gasteiger partial charge in [0.1, 0.15) is 0 Å². The molecular weight excluding hydrogens is 228 g/mol. The lowest BCUT2D eigenvalue weighted by atomic mass is 10.1. The summed E-state index contributed by atoms with van der Waals surface area (Å²) in [6.45, 7) is 6.01. The van der Waals surface area contributed by atoms with Crippen LogP contribution in [-0.4, -0.2) is 36.6 Å². The Labute approximate surface area is 108 Å². The Hall–Kier alpha value is -0.380. The van der Waals surface area contributed by atoms with Crippen LogP contribution < -0.4 is 5.32 Å². The predicted molar refractivity (Wildman–Crippen MR) is 73.6 cm³/mol. The van der Waals surface area contributed by atoms with E-state index in [1.807, 2.05) is 11.3 Å². The van der Waals surface area contributed by atoms with E-state index in [1.165, 1.54) is 43.8 Å². The number of thiophene rings is 1. The summed E-state index contributed by atoms with van der Waals surface area (Å²) in [6.07, 6.45) is 4.12. The molecule has 1 aliphatic carbocycles. The molecule has 0 bridgehead atoms. The van der Waals surface area contributed by atoms with Gasteiger partial charge in [0.05, 0.1) is 0 Å². The van der Waals surface area contributed by atoms with Crippen molar-refractivity contribution in [1.82, 2.24) is 10.2 Å². The monoisotopic (exact) mass is 250 g/mol. The number of piperazine rings is 1. The molecule has 2 aliphatic rings. The molecule has 0 radical (unpaired) electrons. The van der Waals surface area contributed by atoms with Crippen LogP contribution in [0.2, 0.25) is 0 Å². The van der Waals surface area contributed by atoms with Gasteiger partial charge in [-0.25, -0.2) is 0 Å². The molecule has 2 unspecified atom stereocenters. The summed E-state index contributed by atoms with van der Waals surface area (Å²) in [5, 5.41) is 5.90. The molecule has 94 valence electrons. The molecule has 1 saturated heterocycles. The average Bonchev–Trinajstić information content (AvgIpc) is 3.05. The zero-order chi connectivity index (χ0) is 11.7. The van der Waals surface area contributed by atoms with Crippen LogP contribution in [0.3, 0.4) is 0 Å². The van der Waals surface area contributed by atoms with E-state index in [9.17, 15) is 0 Å². The minimum atomic E-state index is 0.699. The fourth-order valence-electron chi connectivity index (χ4n) is 2.78. The van der Waals surface area contributed by atoms with Gasteiger partial charge in [-0.2, -0.15) is 0 Å². The van der Waals surface area contributed by atoms with Crippen LogP contribution in [-0.2, 0) is 6.42 Å². The molecule has 2 nitrogen and oxygen atoms in total. The Bertz CT molecular complexity index is 345. The fourth-order valence-corrected chi connectivity index (χ4v) is 3.48. The van der Waals surface area contributed by atoms with Crippen molar-refractivity contribution in [2.24, 2.45) is 5.92 Å². The van der Waals surface area contributed by atoms with Gasteiger partial charge in [0.25, 0.3) is 0 Å². The van der Waals surface area contributed by atoms with Gasteiger partial charge in [0.2, 0.25) is 0 Å². The van der Waals surface area contributed by atoms with Crippen molar-refractivity contribution in [2.45, 2.75) is 38.3 Å². The molecule has 0 spiro atoms. The maximum absolute atomic E-state index is 3.71. The molecule has 2 fully saturated rings. The highest BCUT2D eigenvalue weighted by Crippen LogP contribution is 2.34. The van der Waals surface area contributed by atoms with E-state index in [0.717, 1.165) is 12.0 Å². The van der Waals surface area contributed by atoms with E-state index in [2.05, 4.69) is 34.7 Å². The maximum atomic E-state index is 3.71. The van der Waals surface area contributed by atoms with Crippen molar-refractivity contribution in [3.05, 3.63) is 22.4 Å². The smallest absolute Gasteiger partial charge is 0.0224 e. The number of hydrogen-bond donors (Lipinski definition) is 1. The summed E-state index contributed by atoms with van der Waals surface area (Å²) in [5.41, 5.74) is 0. The summed E-state index contributed by atoms with van der Waals surface area (Å²) in [6, 6.07) is 5.89. The number of nitrogens with zero attached hydrogens (tertiary/aromatic N) is 1. The maximum Gasteiger partial charge on any atom is 0.0224 e. The fraction of sp³-hybridized carbons (Fsp3) is 0.714. The van der Waals surface area contributed by atoms with Crippen molar-refractivity contribution in [3.63, 3.8) is 0 Å². The number of hydrogen-bond acceptors (Lipinski definition) is 3. The van der Waals surface area contributed by atoms with Gasteiger partial charge in [-0.15, -0.1) is 11.3 Å². The number of nitrogens with one attached hydrogen (secondary N) is 1. The third-order valence-electron chi connectivity index (χ3n) is 4.15. The van der Waals surface area contributed by atoms with Crippen molar-refractivity contribution >= 4 is 11.3 Å². The standard InChI is InChI=1S/C14H22N2S/c1-11-9-15-14(12-4-5-12)10-16(11)7-6-13-3-2-8-17-13/h2-3,8,11-12,14-15H,4-7,9-10H2,1H3. The predicted octanol–water partition coefficient (Wildman–Crippen LogP) is 2.36. The molecule has 1 N–H and O–H groups in total. The normalized spacial score (nSPS) is 30.6. The van der Waals surface area contributed by atoms with Gasteiger partial charge in [0.15, 0.2) is 0 Å².